The SMILES string of the molecule is CCC1CN(c2ccc(C(=O)O)cn2)CCO1. The van der Waals surface area contributed by atoms with Gasteiger partial charge in [0.1, 0.15) is 5.82 Å². The molecule has 1 fully saturated rings. The zero-order valence-electron chi connectivity index (χ0n) is 9.80. The van der Waals surface area contributed by atoms with Gasteiger partial charge in [0.15, 0.2) is 0 Å². The van der Waals surface area contributed by atoms with Gasteiger partial charge in [-0.25, -0.2) is 9.78 Å². The molecule has 0 amide bonds. The first-order chi connectivity index (χ1) is 8.20. The summed E-state index contributed by atoms with van der Waals surface area (Å²) in [6.07, 6.45) is 2.61. The van der Waals surface area contributed by atoms with Crippen LogP contribution in [0.2, 0.25) is 0 Å². The molecule has 1 aliphatic rings. The van der Waals surface area contributed by atoms with Crippen LogP contribution in [0.4, 0.5) is 5.82 Å². The van der Waals surface area contributed by atoms with Crippen LogP contribution in [-0.4, -0.2) is 41.9 Å². The van der Waals surface area contributed by atoms with E-state index in [4.69, 9.17) is 9.84 Å². The van der Waals surface area contributed by atoms with E-state index >= 15 is 0 Å². The number of carboxylic acids is 1. The lowest BCUT2D eigenvalue weighted by atomic mass is 10.2. The zero-order valence-corrected chi connectivity index (χ0v) is 9.80. The molecule has 0 spiro atoms. The quantitative estimate of drug-likeness (QED) is 0.859. The molecular weight excluding hydrogens is 220 g/mol. The Morgan fingerprint density at radius 2 is 2.47 bits per heavy atom. The first kappa shape index (κ1) is 11.9. The summed E-state index contributed by atoms with van der Waals surface area (Å²) < 4.78 is 5.58. The number of aromatic nitrogens is 1. The summed E-state index contributed by atoms with van der Waals surface area (Å²) in [7, 11) is 0. The van der Waals surface area contributed by atoms with Crippen molar-refractivity contribution in [2.45, 2.75) is 19.4 Å². The summed E-state index contributed by atoms with van der Waals surface area (Å²) in [5.74, 6) is -0.130. The molecule has 1 atom stereocenters. The summed E-state index contributed by atoms with van der Waals surface area (Å²) in [4.78, 5) is 17.0. The maximum atomic E-state index is 10.7. The van der Waals surface area contributed by atoms with Crippen LogP contribution in [0.1, 0.15) is 23.7 Å². The molecule has 2 heterocycles. The van der Waals surface area contributed by atoms with Gasteiger partial charge in [-0.1, -0.05) is 6.92 Å². The van der Waals surface area contributed by atoms with Gasteiger partial charge in [0, 0.05) is 19.3 Å². The summed E-state index contributed by atoms with van der Waals surface area (Å²) >= 11 is 0. The molecule has 5 heteroatoms. The summed E-state index contributed by atoms with van der Waals surface area (Å²) in [5, 5.41) is 8.79. The molecule has 1 unspecified atom stereocenters. The Balaban J connectivity index is 2.08. The Hall–Kier alpha value is -1.62. The highest BCUT2D eigenvalue weighted by Gasteiger charge is 2.20. The number of morpholine rings is 1. The molecule has 92 valence electrons. The molecule has 5 nitrogen and oxygen atoms in total. The van der Waals surface area contributed by atoms with Gasteiger partial charge in [-0.2, -0.15) is 0 Å². The Morgan fingerprint density at radius 1 is 1.65 bits per heavy atom. The maximum Gasteiger partial charge on any atom is 0.337 e. The van der Waals surface area contributed by atoms with Crippen LogP contribution < -0.4 is 4.90 Å². The van der Waals surface area contributed by atoms with Crippen molar-refractivity contribution < 1.29 is 14.6 Å². The largest absolute Gasteiger partial charge is 0.478 e. The number of carboxylic acid groups (broad SMARTS) is 1. The lowest BCUT2D eigenvalue weighted by Gasteiger charge is -2.33. The molecule has 17 heavy (non-hydrogen) atoms. The highest BCUT2D eigenvalue weighted by atomic mass is 16.5. The number of aromatic carboxylic acids is 1. The van der Waals surface area contributed by atoms with Crippen molar-refractivity contribution in [3.8, 4) is 0 Å². The highest BCUT2D eigenvalue weighted by Crippen LogP contribution is 2.16. The Labute approximate surface area is 100 Å². The first-order valence-corrected chi connectivity index (χ1v) is 5.76. The lowest BCUT2D eigenvalue weighted by molar-refractivity contribution is 0.0381. The number of nitrogens with zero attached hydrogens (tertiary/aromatic N) is 2. The molecule has 1 aromatic heterocycles. The second-order valence-corrected chi connectivity index (χ2v) is 4.06. The Morgan fingerprint density at radius 3 is 3.06 bits per heavy atom. The molecule has 1 saturated heterocycles. The van der Waals surface area contributed by atoms with Gasteiger partial charge in [0.2, 0.25) is 0 Å². The average molecular weight is 236 g/mol. The third kappa shape index (κ3) is 2.74. The van der Waals surface area contributed by atoms with Gasteiger partial charge < -0.3 is 14.7 Å². The fourth-order valence-corrected chi connectivity index (χ4v) is 1.87. The predicted molar refractivity (Wildman–Crippen MR) is 63.4 cm³/mol. The number of hydrogen-bond donors (Lipinski definition) is 1. The lowest BCUT2D eigenvalue weighted by Crippen LogP contribution is -2.42. The van der Waals surface area contributed by atoms with Crippen LogP contribution in [0.15, 0.2) is 18.3 Å². The molecular formula is C12H16N2O3. The van der Waals surface area contributed by atoms with Gasteiger partial charge in [0.05, 0.1) is 18.3 Å². The summed E-state index contributed by atoms with van der Waals surface area (Å²) in [6, 6.07) is 3.34. The Bertz CT molecular complexity index is 391. The van der Waals surface area contributed by atoms with Crippen LogP contribution in [0, 0.1) is 0 Å². The third-order valence-corrected chi connectivity index (χ3v) is 2.91. The van der Waals surface area contributed by atoms with Crippen LogP contribution in [0.25, 0.3) is 0 Å². The Kier molecular flexibility index (Phi) is 3.58. The van der Waals surface area contributed by atoms with Crippen molar-refractivity contribution in [1.82, 2.24) is 4.98 Å². The predicted octanol–water partition coefficient (Wildman–Crippen LogP) is 1.40. The van der Waals surface area contributed by atoms with E-state index in [1.165, 1.54) is 6.20 Å². The van der Waals surface area contributed by atoms with Gasteiger partial charge >= 0.3 is 5.97 Å². The first-order valence-electron chi connectivity index (χ1n) is 5.76. The second kappa shape index (κ2) is 5.14. The van der Waals surface area contributed by atoms with Gasteiger partial charge in [0.25, 0.3) is 0 Å². The molecule has 1 aromatic rings. The number of hydrogen-bond acceptors (Lipinski definition) is 4. The number of pyridine rings is 1. The van der Waals surface area contributed by atoms with E-state index in [-0.39, 0.29) is 11.7 Å². The fraction of sp³-hybridized carbons (Fsp3) is 0.500. The van der Waals surface area contributed by atoms with E-state index in [2.05, 4.69) is 16.8 Å². The normalized spacial score (nSPS) is 20.3. The molecule has 1 aliphatic heterocycles. The minimum absolute atomic E-state index is 0.217. The van der Waals surface area contributed by atoms with Crippen LogP contribution in [0.5, 0.6) is 0 Å². The number of anilines is 1. The minimum atomic E-state index is -0.947. The fourth-order valence-electron chi connectivity index (χ4n) is 1.87. The molecule has 0 aromatic carbocycles. The molecule has 0 bridgehead atoms. The van der Waals surface area contributed by atoms with Crippen LogP contribution in [0.3, 0.4) is 0 Å². The molecule has 0 radical (unpaired) electrons. The number of carbonyl (C=O) groups is 1. The zero-order chi connectivity index (χ0) is 12.3. The van der Waals surface area contributed by atoms with E-state index < -0.39 is 5.97 Å². The van der Waals surface area contributed by atoms with Gasteiger partial charge in [-0.15, -0.1) is 0 Å². The van der Waals surface area contributed by atoms with Crippen LogP contribution in [-0.2, 0) is 4.74 Å². The van der Waals surface area contributed by atoms with Crippen LogP contribution >= 0.6 is 0 Å². The van der Waals surface area contributed by atoms with Crippen molar-refractivity contribution in [3.63, 3.8) is 0 Å². The van der Waals surface area contributed by atoms with Crippen molar-refractivity contribution in [2.75, 3.05) is 24.6 Å². The maximum absolute atomic E-state index is 10.7. The second-order valence-electron chi connectivity index (χ2n) is 4.06. The van der Waals surface area contributed by atoms with Crippen molar-refractivity contribution in [2.24, 2.45) is 0 Å². The minimum Gasteiger partial charge on any atom is -0.478 e. The van der Waals surface area contributed by atoms with Crippen molar-refractivity contribution in [1.29, 1.82) is 0 Å². The average Bonchev–Trinajstić information content (AvgIpc) is 2.39. The van der Waals surface area contributed by atoms with Gasteiger partial charge in [-0.05, 0) is 18.6 Å². The van der Waals surface area contributed by atoms with Crippen molar-refractivity contribution in [3.05, 3.63) is 23.9 Å². The monoisotopic (exact) mass is 236 g/mol. The topological polar surface area (TPSA) is 62.7 Å². The third-order valence-electron chi connectivity index (χ3n) is 2.91. The molecule has 0 saturated carbocycles. The van der Waals surface area contributed by atoms with E-state index in [1.54, 1.807) is 12.1 Å². The molecule has 2 rings (SSSR count). The van der Waals surface area contributed by atoms with E-state index in [0.717, 1.165) is 25.3 Å². The van der Waals surface area contributed by atoms with E-state index in [0.29, 0.717) is 6.61 Å². The summed E-state index contributed by atoms with van der Waals surface area (Å²) in [5.41, 5.74) is 0.217. The number of ether oxygens (including phenoxy) is 1. The highest BCUT2D eigenvalue weighted by molar-refractivity contribution is 5.87. The number of rotatable bonds is 3. The molecule has 1 N–H and O–H groups in total. The van der Waals surface area contributed by atoms with E-state index in [9.17, 15) is 4.79 Å². The smallest absolute Gasteiger partial charge is 0.337 e. The summed E-state index contributed by atoms with van der Waals surface area (Å²) in [6.45, 7) is 4.40. The molecule has 0 aliphatic carbocycles. The van der Waals surface area contributed by atoms with Crippen molar-refractivity contribution >= 4 is 11.8 Å². The standard InChI is InChI=1S/C12H16N2O3/c1-2-10-8-14(5-6-17-10)11-4-3-9(7-13-11)12(15)16/h3-4,7,10H,2,5-6,8H2,1H3,(H,15,16). The van der Waals surface area contributed by atoms with Gasteiger partial charge in [-0.3, -0.25) is 0 Å². The van der Waals surface area contributed by atoms with E-state index in [1.807, 2.05) is 0 Å².